The summed E-state index contributed by atoms with van der Waals surface area (Å²) in [7, 11) is -1.97. The van der Waals surface area contributed by atoms with Crippen molar-refractivity contribution in [3.05, 3.63) is 70.8 Å². The maximum Gasteiger partial charge on any atom is 0.315 e. The first-order valence-corrected chi connectivity index (χ1v) is 10.7. The predicted molar refractivity (Wildman–Crippen MR) is 106 cm³/mol. The Morgan fingerprint density at radius 1 is 1.07 bits per heavy atom. The third-order valence-electron chi connectivity index (χ3n) is 4.89. The molecule has 2 aromatic carbocycles. The van der Waals surface area contributed by atoms with Gasteiger partial charge in [0.2, 0.25) is 10.0 Å². The zero-order chi connectivity index (χ0) is 19.3. The van der Waals surface area contributed by atoms with Gasteiger partial charge < -0.3 is 10.6 Å². The van der Waals surface area contributed by atoms with E-state index in [1.807, 2.05) is 24.3 Å². The van der Waals surface area contributed by atoms with Gasteiger partial charge in [0.25, 0.3) is 0 Å². The fourth-order valence-corrected chi connectivity index (χ4v) is 4.27. The molecule has 0 fully saturated rings. The maximum absolute atomic E-state index is 12.4. The number of hydrogen-bond acceptors (Lipinski definition) is 3. The summed E-state index contributed by atoms with van der Waals surface area (Å²) in [6.07, 6.45) is 3.01. The summed E-state index contributed by atoms with van der Waals surface area (Å²) in [4.78, 5) is 12.4. The van der Waals surface area contributed by atoms with Crippen LogP contribution in [0.2, 0.25) is 0 Å². The van der Waals surface area contributed by atoms with Gasteiger partial charge >= 0.3 is 6.03 Å². The zero-order valence-corrected chi connectivity index (χ0v) is 16.2. The number of hydrogen-bond donors (Lipinski definition) is 3. The van der Waals surface area contributed by atoms with E-state index in [-0.39, 0.29) is 24.4 Å². The van der Waals surface area contributed by atoms with Crippen molar-refractivity contribution in [3.8, 4) is 0 Å². The highest BCUT2D eigenvalue weighted by molar-refractivity contribution is 7.88. The third kappa shape index (κ3) is 5.08. The second kappa shape index (κ2) is 8.54. The monoisotopic (exact) mass is 387 g/mol. The lowest BCUT2D eigenvalue weighted by Crippen LogP contribution is -2.39. The van der Waals surface area contributed by atoms with Gasteiger partial charge in [-0.3, -0.25) is 0 Å². The number of rotatable bonds is 6. The molecule has 2 aromatic rings. The number of nitrogens with one attached hydrogen (secondary N) is 3. The molecular weight excluding hydrogens is 362 g/mol. The Labute approximate surface area is 160 Å². The maximum atomic E-state index is 12.4. The largest absolute Gasteiger partial charge is 0.334 e. The summed E-state index contributed by atoms with van der Waals surface area (Å²) in [6.45, 7) is 0.273. The van der Waals surface area contributed by atoms with Crippen LogP contribution in [0.3, 0.4) is 0 Å². The number of carbonyl (C=O) groups is 1. The van der Waals surface area contributed by atoms with E-state index < -0.39 is 10.0 Å². The van der Waals surface area contributed by atoms with E-state index in [0.717, 1.165) is 24.8 Å². The molecule has 144 valence electrons. The van der Waals surface area contributed by atoms with Gasteiger partial charge in [0.05, 0.1) is 11.8 Å². The van der Waals surface area contributed by atoms with Gasteiger partial charge in [-0.25, -0.2) is 17.9 Å². The zero-order valence-electron chi connectivity index (χ0n) is 15.4. The molecule has 1 aliphatic rings. The Hall–Kier alpha value is -2.38. The van der Waals surface area contributed by atoms with E-state index in [1.165, 1.54) is 18.2 Å². The number of aryl methyl sites for hydroxylation is 1. The smallest absolute Gasteiger partial charge is 0.315 e. The molecule has 0 saturated carbocycles. The quantitative estimate of drug-likeness (QED) is 0.712. The molecule has 0 aliphatic heterocycles. The Kier molecular flexibility index (Phi) is 6.13. The van der Waals surface area contributed by atoms with E-state index in [9.17, 15) is 13.2 Å². The second-order valence-electron chi connectivity index (χ2n) is 6.70. The molecule has 0 heterocycles. The normalized spacial score (nSPS) is 16.4. The molecule has 0 spiro atoms. The number of urea groups is 1. The van der Waals surface area contributed by atoms with Gasteiger partial charge in [-0.05, 0) is 48.6 Å². The molecule has 1 atom stereocenters. The molecular formula is C20H25N3O3S. The van der Waals surface area contributed by atoms with Crippen LogP contribution in [-0.2, 0) is 28.7 Å². The lowest BCUT2D eigenvalue weighted by Gasteiger charge is -2.26. The molecule has 3 N–H and O–H groups in total. The Morgan fingerprint density at radius 2 is 1.78 bits per heavy atom. The van der Waals surface area contributed by atoms with Crippen LogP contribution in [0.4, 0.5) is 4.79 Å². The Bertz CT molecular complexity index is 912. The van der Waals surface area contributed by atoms with Gasteiger partial charge in [0.1, 0.15) is 0 Å². The molecule has 0 bridgehead atoms. The summed E-state index contributed by atoms with van der Waals surface area (Å²) in [5, 5.41) is 5.90. The third-order valence-corrected chi connectivity index (χ3v) is 6.20. The average molecular weight is 388 g/mol. The predicted octanol–water partition coefficient (Wildman–Crippen LogP) is 2.61. The van der Waals surface area contributed by atoms with Crippen molar-refractivity contribution < 1.29 is 13.2 Å². The first kappa shape index (κ1) is 19.4. The second-order valence-corrected chi connectivity index (χ2v) is 8.63. The van der Waals surface area contributed by atoms with Crippen molar-refractivity contribution in [3.63, 3.8) is 0 Å². The number of amides is 2. The van der Waals surface area contributed by atoms with Gasteiger partial charge in [-0.1, -0.05) is 48.5 Å². The molecule has 27 heavy (non-hydrogen) atoms. The first-order valence-electron chi connectivity index (χ1n) is 9.08. The molecule has 0 radical (unpaired) electrons. The lowest BCUT2D eigenvalue weighted by molar-refractivity contribution is 0.235. The van der Waals surface area contributed by atoms with E-state index >= 15 is 0 Å². The summed E-state index contributed by atoms with van der Waals surface area (Å²) >= 11 is 0. The van der Waals surface area contributed by atoms with Crippen molar-refractivity contribution in [1.82, 2.24) is 15.4 Å². The van der Waals surface area contributed by atoms with Crippen LogP contribution in [0.25, 0.3) is 0 Å². The van der Waals surface area contributed by atoms with Crippen molar-refractivity contribution in [2.24, 2.45) is 0 Å². The van der Waals surface area contributed by atoms with Crippen LogP contribution < -0.4 is 15.4 Å². The van der Waals surface area contributed by atoms with Crippen molar-refractivity contribution in [2.45, 2.75) is 37.6 Å². The topological polar surface area (TPSA) is 87.3 Å². The van der Waals surface area contributed by atoms with Crippen LogP contribution in [-0.4, -0.2) is 21.5 Å². The van der Waals surface area contributed by atoms with E-state index in [0.29, 0.717) is 5.56 Å². The van der Waals surface area contributed by atoms with Gasteiger partial charge in [0, 0.05) is 6.54 Å². The van der Waals surface area contributed by atoms with Crippen LogP contribution in [0, 0.1) is 0 Å². The Morgan fingerprint density at radius 3 is 2.56 bits per heavy atom. The molecule has 7 heteroatoms. The molecule has 1 unspecified atom stereocenters. The molecule has 3 rings (SSSR count). The fraction of sp³-hybridized carbons (Fsp3) is 0.350. The van der Waals surface area contributed by atoms with Crippen molar-refractivity contribution in [1.29, 1.82) is 0 Å². The van der Waals surface area contributed by atoms with E-state index in [2.05, 4.69) is 27.5 Å². The van der Waals surface area contributed by atoms with Crippen LogP contribution in [0.15, 0.2) is 48.5 Å². The number of benzene rings is 2. The summed E-state index contributed by atoms with van der Waals surface area (Å²) in [6, 6.07) is 15.2. The standard InChI is InChI=1S/C20H25N3O3S/c1-21-27(25,26)14-17-9-3-2-8-16(17)13-22-20(24)23-19-12-6-10-15-7-4-5-11-18(15)19/h2-5,7-9,11,19,21H,6,10,12-14H2,1H3,(H2,22,23,24). The van der Waals surface area contributed by atoms with Crippen molar-refractivity contribution in [2.75, 3.05) is 7.05 Å². The number of fused-ring (bicyclic) bond motifs is 1. The highest BCUT2D eigenvalue weighted by Crippen LogP contribution is 2.29. The molecule has 0 saturated heterocycles. The minimum atomic E-state index is -3.37. The van der Waals surface area contributed by atoms with Crippen LogP contribution in [0.1, 0.15) is 41.1 Å². The summed E-state index contributed by atoms with van der Waals surface area (Å²) < 4.78 is 26.0. The van der Waals surface area contributed by atoms with Crippen LogP contribution >= 0.6 is 0 Å². The van der Waals surface area contributed by atoms with Gasteiger partial charge in [0.15, 0.2) is 0 Å². The Balaban J connectivity index is 1.62. The van der Waals surface area contributed by atoms with E-state index in [1.54, 1.807) is 12.1 Å². The number of carbonyl (C=O) groups excluding carboxylic acids is 1. The molecule has 6 nitrogen and oxygen atoms in total. The number of sulfonamides is 1. The summed E-state index contributed by atoms with van der Waals surface area (Å²) in [5.74, 6) is -0.112. The molecule has 0 aromatic heterocycles. The molecule has 1 aliphatic carbocycles. The minimum absolute atomic E-state index is 0.00913. The SMILES string of the molecule is CNS(=O)(=O)Cc1ccccc1CNC(=O)NC1CCCc2ccccc21. The highest BCUT2D eigenvalue weighted by atomic mass is 32.2. The van der Waals surface area contributed by atoms with Crippen molar-refractivity contribution >= 4 is 16.1 Å². The molecule has 2 amide bonds. The summed E-state index contributed by atoms with van der Waals surface area (Å²) in [5.41, 5.74) is 3.93. The van der Waals surface area contributed by atoms with E-state index in [4.69, 9.17) is 0 Å². The van der Waals surface area contributed by atoms with Gasteiger partial charge in [-0.15, -0.1) is 0 Å². The van der Waals surface area contributed by atoms with Gasteiger partial charge in [-0.2, -0.15) is 0 Å². The average Bonchev–Trinajstić information content (AvgIpc) is 2.67. The van der Waals surface area contributed by atoms with Crippen LogP contribution in [0.5, 0.6) is 0 Å². The highest BCUT2D eigenvalue weighted by Gasteiger charge is 2.21. The lowest BCUT2D eigenvalue weighted by atomic mass is 9.88. The minimum Gasteiger partial charge on any atom is -0.334 e. The first-order chi connectivity index (χ1) is 13.0. The fourth-order valence-electron chi connectivity index (χ4n) is 3.44.